The Balaban J connectivity index is 1.72. The molecule has 13 heavy (non-hydrogen) atoms. The monoisotopic (exact) mass is 178 g/mol. The molecule has 0 amide bonds. The van der Waals surface area contributed by atoms with Gasteiger partial charge in [0, 0.05) is 12.3 Å². The topological polar surface area (TPSA) is 26.3 Å². The second-order valence-corrected chi connectivity index (χ2v) is 3.64. The molecule has 2 unspecified atom stereocenters. The minimum Gasteiger partial charge on any atom is -0.377 e. The highest BCUT2D eigenvalue weighted by Gasteiger charge is 2.27. The van der Waals surface area contributed by atoms with Crippen LogP contribution in [0.15, 0.2) is 23.8 Å². The first-order valence-corrected chi connectivity index (χ1v) is 4.80. The van der Waals surface area contributed by atoms with Crippen molar-refractivity contribution in [3.8, 4) is 0 Å². The Morgan fingerprint density at radius 3 is 3.08 bits per heavy atom. The molecule has 2 bridgehead atoms. The second kappa shape index (κ2) is 3.88. The molecule has 0 aromatic carbocycles. The fourth-order valence-electron chi connectivity index (χ4n) is 2.00. The zero-order valence-electron chi connectivity index (χ0n) is 7.61. The Morgan fingerprint density at radius 2 is 2.46 bits per heavy atom. The molecule has 0 aromatic rings. The Labute approximate surface area is 78.3 Å². The summed E-state index contributed by atoms with van der Waals surface area (Å²) in [6.45, 7) is 1.27. The van der Waals surface area contributed by atoms with E-state index in [4.69, 9.17) is 4.74 Å². The predicted molar refractivity (Wildman–Crippen MR) is 50.3 cm³/mol. The van der Waals surface area contributed by atoms with Crippen molar-refractivity contribution >= 4 is 6.29 Å². The number of carbonyl (C=O) groups excluding carboxylic acids is 1. The highest BCUT2D eigenvalue weighted by Crippen LogP contribution is 2.37. The van der Waals surface area contributed by atoms with Crippen LogP contribution in [-0.4, -0.2) is 19.5 Å². The fourth-order valence-corrected chi connectivity index (χ4v) is 2.00. The fraction of sp³-hybridized carbons (Fsp3) is 0.545. The number of hydrogen-bond acceptors (Lipinski definition) is 2. The van der Waals surface area contributed by atoms with Crippen molar-refractivity contribution in [3.63, 3.8) is 0 Å². The Hall–Kier alpha value is -0.890. The van der Waals surface area contributed by atoms with Gasteiger partial charge in [-0.05, 0) is 17.9 Å². The van der Waals surface area contributed by atoms with Gasteiger partial charge in [0.2, 0.25) is 0 Å². The molecule has 0 spiro atoms. The minimum atomic E-state index is 0.511. The third-order valence-corrected chi connectivity index (χ3v) is 2.67. The van der Waals surface area contributed by atoms with Gasteiger partial charge < -0.3 is 9.53 Å². The highest BCUT2D eigenvalue weighted by molar-refractivity contribution is 5.49. The molecule has 0 saturated carbocycles. The van der Waals surface area contributed by atoms with Gasteiger partial charge in [0.1, 0.15) is 6.29 Å². The molecule has 2 aliphatic rings. The maximum atomic E-state index is 10.0. The molecule has 2 rings (SSSR count). The zero-order chi connectivity index (χ0) is 9.10. The average molecular weight is 178 g/mol. The van der Waals surface area contributed by atoms with Crippen LogP contribution >= 0.6 is 0 Å². The number of aldehydes is 1. The van der Waals surface area contributed by atoms with Gasteiger partial charge in [-0.2, -0.15) is 0 Å². The van der Waals surface area contributed by atoms with E-state index >= 15 is 0 Å². The van der Waals surface area contributed by atoms with Crippen molar-refractivity contribution in [2.45, 2.75) is 12.8 Å². The van der Waals surface area contributed by atoms with Crippen LogP contribution in [0.1, 0.15) is 12.8 Å². The molecule has 0 saturated heterocycles. The third-order valence-electron chi connectivity index (χ3n) is 2.67. The number of carbonyl (C=O) groups is 1. The summed E-state index contributed by atoms with van der Waals surface area (Å²) in [6.07, 6.45) is 9.48. The molecule has 0 radical (unpaired) electrons. The van der Waals surface area contributed by atoms with Crippen molar-refractivity contribution < 1.29 is 9.53 Å². The minimum absolute atomic E-state index is 0.511. The molecule has 70 valence electrons. The molecule has 2 heteroatoms. The quantitative estimate of drug-likeness (QED) is 0.364. The van der Waals surface area contributed by atoms with E-state index in [1.165, 1.54) is 12.0 Å². The van der Waals surface area contributed by atoms with Crippen LogP contribution in [0, 0.1) is 11.8 Å². The van der Waals surface area contributed by atoms with Gasteiger partial charge in [0.25, 0.3) is 0 Å². The van der Waals surface area contributed by atoms with E-state index in [1.54, 1.807) is 0 Å². The van der Waals surface area contributed by atoms with Crippen LogP contribution < -0.4 is 0 Å². The summed E-state index contributed by atoms with van der Waals surface area (Å²) in [5.41, 5.74) is 1.40. The Morgan fingerprint density at radius 1 is 1.54 bits per heavy atom. The van der Waals surface area contributed by atoms with Crippen LogP contribution in [-0.2, 0) is 9.53 Å². The molecular weight excluding hydrogens is 164 g/mol. The molecule has 0 fully saturated rings. The largest absolute Gasteiger partial charge is 0.377 e. The average Bonchev–Trinajstić information content (AvgIpc) is 2.73. The van der Waals surface area contributed by atoms with Crippen molar-refractivity contribution in [1.29, 1.82) is 0 Å². The molecule has 2 atom stereocenters. The third kappa shape index (κ3) is 1.89. The Kier molecular flexibility index (Phi) is 2.60. The molecule has 2 aliphatic carbocycles. The van der Waals surface area contributed by atoms with Gasteiger partial charge >= 0.3 is 0 Å². The number of ether oxygens (including phenoxy) is 1. The summed E-state index contributed by atoms with van der Waals surface area (Å²) in [7, 11) is 0. The van der Waals surface area contributed by atoms with Gasteiger partial charge in [-0.25, -0.2) is 0 Å². The van der Waals surface area contributed by atoms with E-state index < -0.39 is 0 Å². The van der Waals surface area contributed by atoms with Gasteiger partial charge in [-0.15, -0.1) is 0 Å². The van der Waals surface area contributed by atoms with E-state index in [0.717, 1.165) is 6.29 Å². The van der Waals surface area contributed by atoms with E-state index in [0.29, 0.717) is 31.5 Å². The molecular formula is C11H14O2. The second-order valence-electron chi connectivity index (χ2n) is 3.64. The number of rotatable bonds is 5. The first-order valence-electron chi connectivity index (χ1n) is 4.80. The van der Waals surface area contributed by atoms with Crippen molar-refractivity contribution in [2.75, 3.05) is 13.2 Å². The van der Waals surface area contributed by atoms with Crippen LogP contribution in [0.2, 0.25) is 0 Å². The molecule has 0 heterocycles. The van der Waals surface area contributed by atoms with E-state index in [2.05, 4.69) is 18.2 Å². The van der Waals surface area contributed by atoms with E-state index in [1.807, 2.05) is 0 Å². The number of allylic oxidation sites excluding steroid dienone is 3. The van der Waals surface area contributed by atoms with Crippen molar-refractivity contribution in [1.82, 2.24) is 0 Å². The molecule has 2 nitrogen and oxygen atoms in total. The number of fused-ring (bicyclic) bond motifs is 2. The van der Waals surface area contributed by atoms with Gasteiger partial charge in [-0.3, -0.25) is 0 Å². The summed E-state index contributed by atoms with van der Waals surface area (Å²) in [5, 5.41) is 0. The Bertz CT molecular complexity index is 253. The smallest absolute Gasteiger partial charge is 0.122 e. The number of hydrogen-bond donors (Lipinski definition) is 0. The van der Waals surface area contributed by atoms with Crippen LogP contribution in [0.25, 0.3) is 0 Å². The molecule has 0 aromatic heterocycles. The molecule has 0 N–H and O–H groups in total. The maximum absolute atomic E-state index is 10.0. The zero-order valence-corrected chi connectivity index (χ0v) is 7.61. The predicted octanol–water partition coefficient (Wildman–Crippen LogP) is 1.72. The highest BCUT2D eigenvalue weighted by atomic mass is 16.5. The summed E-state index contributed by atoms with van der Waals surface area (Å²) in [4.78, 5) is 10.0. The van der Waals surface area contributed by atoms with Crippen molar-refractivity contribution in [3.05, 3.63) is 23.8 Å². The summed E-state index contributed by atoms with van der Waals surface area (Å²) in [6, 6.07) is 0. The summed E-state index contributed by atoms with van der Waals surface area (Å²) in [5.74, 6) is 1.29. The van der Waals surface area contributed by atoms with Crippen LogP contribution in [0.3, 0.4) is 0 Å². The van der Waals surface area contributed by atoms with Gasteiger partial charge in [0.15, 0.2) is 0 Å². The molecule has 0 aliphatic heterocycles. The first-order chi connectivity index (χ1) is 6.40. The normalized spacial score (nSPS) is 29.4. The lowest BCUT2D eigenvalue weighted by Crippen LogP contribution is -2.04. The van der Waals surface area contributed by atoms with E-state index in [9.17, 15) is 4.79 Å². The summed E-state index contributed by atoms with van der Waals surface area (Å²) < 4.78 is 5.38. The first kappa shape index (κ1) is 8.70. The maximum Gasteiger partial charge on any atom is 0.122 e. The lowest BCUT2D eigenvalue weighted by Gasteiger charge is -2.09. The summed E-state index contributed by atoms with van der Waals surface area (Å²) >= 11 is 0. The standard InChI is InChI=1S/C11H14O2/c12-4-1-5-13-8-11-7-9-2-3-10(11)6-9/h2-4,7,9-10H,1,5-6,8H2. The van der Waals surface area contributed by atoms with E-state index in [-0.39, 0.29) is 0 Å². The van der Waals surface area contributed by atoms with Gasteiger partial charge in [-0.1, -0.05) is 18.2 Å². The SMILES string of the molecule is O=CCCOCC1=CC2C=CC1C2. The lowest BCUT2D eigenvalue weighted by atomic mass is 10.0. The van der Waals surface area contributed by atoms with Crippen LogP contribution in [0.5, 0.6) is 0 Å². The van der Waals surface area contributed by atoms with Gasteiger partial charge in [0.05, 0.1) is 13.2 Å². The van der Waals surface area contributed by atoms with Crippen LogP contribution in [0.4, 0.5) is 0 Å². The van der Waals surface area contributed by atoms with Crippen molar-refractivity contribution in [2.24, 2.45) is 11.8 Å². The lowest BCUT2D eigenvalue weighted by molar-refractivity contribution is -0.108.